The third-order valence-corrected chi connectivity index (χ3v) is 8.22. The van der Waals surface area contributed by atoms with Gasteiger partial charge in [-0.05, 0) is 83.5 Å². The molecule has 8 heteroatoms. The molecule has 0 saturated carbocycles. The Labute approximate surface area is 195 Å². The number of carbonyl (C=O) groups excluding carboxylic acids is 1. The Kier molecular flexibility index (Phi) is 6.68. The summed E-state index contributed by atoms with van der Waals surface area (Å²) in [6, 6.07) is 17.2. The first kappa shape index (κ1) is 21.9. The third-order valence-electron chi connectivity index (χ3n) is 5.36. The Morgan fingerprint density at radius 3 is 2.52 bits per heavy atom. The molecular weight excluding hydrogens is 525 g/mol. The van der Waals surface area contributed by atoms with Gasteiger partial charge in [-0.2, -0.15) is 4.31 Å². The van der Waals surface area contributed by atoms with E-state index in [9.17, 15) is 13.2 Å². The van der Waals surface area contributed by atoms with Crippen molar-refractivity contribution in [3.8, 4) is 0 Å². The molecule has 160 valence electrons. The van der Waals surface area contributed by atoms with E-state index in [2.05, 4.69) is 32.9 Å². The highest BCUT2D eigenvalue weighted by Crippen LogP contribution is 2.35. The molecule has 3 aromatic rings. The van der Waals surface area contributed by atoms with Crippen LogP contribution in [0.5, 0.6) is 0 Å². The van der Waals surface area contributed by atoms with Crippen LogP contribution in [0.2, 0.25) is 0 Å². The van der Waals surface area contributed by atoms with Gasteiger partial charge in [0.2, 0.25) is 10.0 Å². The van der Waals surface area contributed by atoms with Gasteiger partial charge in [0.25, 0.3) is 5.91 Å². The van der Waals surface area contributed by atoms with E-state index >= 15 is 0 Å². The smallest absolute Gasteiger partial charge is 0.256 e. The zero-order valence-corrected chi connectivity index (χ0v) is 19.7. The van der Waals surface area contributed by atoms with E-state index < -0.39 is 10.0 Å². The van der Waals surface area contributed by atoms with E-state index in [-0.39, 0.29) is 16.8 Å². The molecule has 4 rings (SSSR count). The van der Waals surface area contributed by atoms with Crippen molar-refractivity contribution >= 4 is 44.2 Å². The molecule has 31 heavy (non-hydrogen) atoms. The summed E-state index contributed by atoms with van der Waals surface area (Å²) in [6.07, 6.45) is 6.01. The number of pyridine rings is 1. The number of piperidine rings is 1. The molecule has 1 atom stereocenters. The molecular formula is C23H22IN3O3S. The molecule has 1 unspecified atom stereocenters. The molecule has 1 aliphatic rings. The standard InChI is InChI=1S/C23H22IN3O3S/c24-21-8-2-1-7-20(21)23(28)26-18-10-12-19(13-11-18)31(29,30)27-15-4-3-9-22(27)17-6-5-14-25-16-17/h1-2,5-8,10-14,16,22H,3-4,9,15H2,(H,26,28). The van der Waals surface area contributed by atoms with Gasteiger partial charge in [-0.3, -0.25) is 9.78 Å². The highest BCUT2D eigenvalue weighted by atomic mass is 127. The monoisotopic (exact) mass is 547 g/mol. The third kappa shape index (κ3) is 4.81. The number of halogens is 1. The van der Waals surface area contributed by atoms with Gasteiger partial charge in [-0.1, -0.05) is 24.6 Å². The van der Waals surface area contributed by atoms with Crippen molar-refractivity contribution in [1.82, 2.24) is 9.29 Å². The second-order valence-corrected chi connectivity index (χ2v) is 10.4. The Hall–Kier alpha value is -2.30. The SMILES string of the molecule is O=C(Nc1ccc(S(=O)(=O)N2CCCCC2c2cccnc2)cc1)c1ccccc1I. The number of carbonyl (C=O) groups is 1. The lowest BCUT2D eigenvalue weighted by atomic mass is 9.99. The molecule has 0 spiro atoms. The van der Waals surface area contributed by atoms with Crippen LogP contribution in [0, 0.1) is 3.57 Å². The Balaban J connectivity index is 1.55. The van der Waals surface area contributed by atoms with Crippen molar-refractivity contribution in [3.63, 3.8) is 0 Å². The van der Waals surface area contributed by atoms with Crippen molar-refractivity contribution in [2.45, 2.75) is 30.2 Å². The number of nitrogens with zero attached hydrogens (tertiary/aromatic N) is 2. The van der Waals surface area contributed by atoms with Crippen LogP contribution in [0.15, 0.2) is 78.0 Å². The lowest BCUT2D eigenvalue weighted by molar-refractivity contribution is 0.102. The Bertz CT molecular complexity index is 1170. The summed E-state index contributed by atoms with van der Waals surface area (Å²) >= 11 is 2.12. The largest absolute Gasteiger partial charge is 0.322 e. The normalized spacial score (nSPS) is 17.3. The number of hydrogen-bond acceptors (Lipinski definition) is 4. The molecule has 6 nitrogen and oxygen atoms in total. The first-order valence-electron chi connectivity index (χ1n) is 10.0. The molecule has 1 N–H and O–H groups in total. The quantitative estimate of drug-likeness (QED) is 0.463. The summed E-state index contributed by atoms with van der Waals surface area (Å²) in [5, 5.41) is 2.83. The van der Waals surface area contributed by atoms with E-state index in [0.717, 1.165) is 28.4 Å². The van der Waals surface area contributed by atoms with Crippen LogP contribution in [-0.4, -0.2) is 30.2 Å². The van der Waals surface area contributed by atoms with Gasteiger partial charge < -0.3 is 5.32 Å². The molecule has 1 aromatic heterocycles. The van der Waals surface area contributed by atoms with Gasteiger partial charge >= 0.3 is 0 Å². The molecule has 0 bridgehead atoms. The molecule has 1 amide bonds. The van der Waals surface area contributed by atoms with Gasteiger partial charge in [0.1, 0.15) is 0 Å². The lowest BCUT2D eigenvalue weighted by Crippen LogP contribution is -2.38. The van der Waals surface area contributed by atoms with Crippen LogP contribution in [0.25, 0.3) is 0 Å². The van der Waals surface area contributed by atoms with Gasteiger partial charge in [-0.25, -0.2) is 8.42 Å². The minimum Gasteiger partial charge on any atom is -0.322 e. The zero-order valence-electron chi connectivity index (χ0n) is 16.7. The number of rotatable bonds is 5. The molecule has 0 radical (unpaired) electrons. The van der Waals surface area contributed by atoms with Crippen LogP contribution in [0.1, 0.15) is 41.2 Å². The summed E-state index contributed by atoms with van der Waals surface area (Å²) in [4.78, 5) is 16.9. The number of nitrogens with one attached hydrogen (secondary N) is 1. The highest BCUT2D eigenvalue weighted by Gasteiger charge is 2.34. The van der Waals surface area contributed by atoms with E-state index in [1.165, 1.54) is 0 Å². The maximum Gasteiger partial charge on any atom is 0.256 e. The molecule has 2 heterocycles. The fraction of sp³-hybridized carbons (Fsp3) is 0.217. The molecule has 2 aromatic carbocycles. The maximum atomic E-state index is 13.4. The number of anilines is 1. The zero-order chi connectivity index (χ0) is 21.8. The molecule has 1 fully saturated rings. The van der Waals surface area contributed by atoms with E-state index in [4.69, 9.17) is 0 Å². The number of amides is 1. The van der Waals surface area contributed by atoms with E-state index in [0.29, 0.717) is 17.8 Å². The Morgan fingerprint density at radius 1 is 1.03 bits per heavy atom. The number of aromatic nitrogens is 1. The minimum absolute atomic E-state index is 0.216. The van der Waals surface area contributed by atoms with Gasteiger partial charge in [0.15, 0.2) is 0 Å². The first-order valence-corrected chi connectivity index (χ1v) is 12.6. The van der Waals surface area contributed by atoms with E-state index in [1.807, 2.05) is 30.3 Å². The summed E-state index contributed by atoms with van der Waals surface area (Å²) < 4.78 is 29.2. The van der Waals surface area contributed by atoms with Crippen molar-refractivity contribution in [2.24, 2.45) is 0 Å². The van der Waals surface area contributed by atoms with Gasteiger partial charge in [0, 0.05) is 28.2 Å². The predicted molar refractivity (Wildman–Crippen MR) is 128 cm³/mol. The second kappa shape index (κ2) is 9.46. The summed E-state index contributed by atoms with van der Waals surface area (Å²) in [5.74, 6) is -0.228. The van der Waals surface area contributed by atoms with Crippen LogP contribution in [-0.2, 0) is 10.0 Å². The fourth-order valence-corrected chi connectivity index (χ4v) is 6.10. The van der Waals surface area contributed by atoms with Crippen LogP contribution < -0.4 is 5.32 Å². The van der Waals surface area contributed by atoms with Gasteiger partial charge in [0.05, 0.1) is 16.5 Å². The Morgan fingerprint density at radius 2 is 1.81 bits per heavy atom. The summed E-state index contributed by atoms with van der Waals surface area (Å²) in [6.45, 7) is 0.479. The lowest BCUT2D eigenvalue weighted by Gasteiger charge is -2.34. The maximum absolute atomic E-state index is 13.4. The predicted octanol–water partition coefficient (Wildman–Crippen LogP) is 4.85. The number of sulfonamides is 1. The van der Waals surface area contributed by atoms with Crippen LogP contribution >= 0.6 is 22.6 Å². The van der Waals surface area contributed by atoms with Crippen molar-refractivity contribution < 1.29 is 13.2 Å². The van der Waals surface area contributed by atoms with Crippen molar-refractivity contribution in [3.05, 3.63) is 87.8 Å². The van der Waals surface area contributed by atoms with Crippen molar-refractivity contribution in [1.29, 1.82) is 0 Å². The first-order chi connectivity index (χ1) is 15.0. The number of hydrogen-bond donors (Lipinski definition) is 1. The van der Waals surface area contributed by atoms with E-state index in [1.54, 1.807) is 47.0 Å². The topological polar surface area (TPSA) is 79.4 Å². The molecule has 1 saturated heterocycles. The summed E-state index contributed by atoms with van der Waals surface area (Å²) in [5.41, 5.74) is 2.03. The van der Waals surface area contributed by atoms with Crippen molar-refractivity contribution in [2.75, 3.05) is 11.9 Å². The fourth-order valence-electron chi connectivity index (χ4n) is 3.79. The molecule has 1 aliphatic heterocycles. The average Bonchev–Trinajstić information content (AvgIpc) is 2.80. The van der Waals surface area contributed by atoms with Crippen LogP contribution in [0.3, 0.4) is 0 Å². The second-order valence-electron chi connectivity index (χ2n) is 7.37. The van der Waals surface area contributed by atoms with Crippen LogP contribution in [0.4, 0.5) is 5.69 Å². The minimum atomic E-state index is -3.67. The molecule has 0 aliphatic carbocycles. The summed E-state index contributed by atoms with van der Waals surface area (Å²) in [7, 11) is -3.67. The average molecular weight is 547 g/mol. The van der Waals surface area contributed by atoms with Gasteiger partial charge in [-0.15, -0.1) is 0 Å². The highest BCUT2D eigenvalue weighted by molar-refractivity contribution is 14.1. The number of benzene rings is 2.